The number of aromatic nitrogens is 3. The molecule has 0 bridgehead atoms. The van der Waals surface area contributed by atoms with Gasteiger partial charge in [0, 0.05) is 31.0 Å². The maximum absolute atomic E-state index is 12.7. The lowest BCUT2D eigenvalue weighted by Crippen LogP contribution is -2.46. The van der Waals surface area contributed by atoms with Crippen LogP contribution in [0.15, 0.2) is 12.3 Å². The molecule has 0 radical (unpaired) electrons. The number of rotatable bonds is 2. The van der Waals surface area contributed by atoms with Crippen molar-refractivity contribution in [2.24, 2.45) is 0 Å². The van der Waals surface area contributed by atoms with Crippen LogP contribution in [0.4, 0.5) is 0 Å². The van der Waals surface area contributed by atoms with Crippen LogP contribution in [-0.4, -0.2) is 51.6 Å². The Kier molecular flexibility index (Phi) is 3.63. The van der Waals surface area contributed by atoms with Gasteiger partial charge in [0.05, 0.1) is 6.20 Å². The summed E-state index contributed by atoms with van der Waals surface area (Å²) >= 11 is 0. The van der Waals surface area contributed by atoms with Gasteiger partial charge < -0.3 is 10.2 Å². The maximum atomic E-state index is 12.7. The Hall–Kier alpha value is -1.95. The molecule has 1 atom stereocenters. The van der Waals surface area contributed by atoms with Crippen LogP contribution in [0.25, 0.3) is 5.65 Å². The van der Waals surface area contributed by atoms with Gasteiger partial charge in [0.25, 0.3) is 5.91 Å². The number of nitrogens with one attached hydrogen (secondary N) is 1. The normalized spacial score (nSPS) is 18.9. The Morgan fingerprint density at radius 2 is 2.29 bits per heavy atom. The number of carbonyl (C=O) groups excluding carboxylic acids is 1. The molecule has 1 unspecified atom stereocenters. The van der Waals surface area contributed by atoms with E-state index in [0.29, 0.717) is 11.2 Å². The molecule has 0 aliphatic carbocycles. The summed E-state index contributed by atoms with van der Waals surface area (Å²) in [5, 5.41) is 7.64. The van der Waals surface area contributed by atoms with Crippen molar-refractivity contribution in [1.82, 2.24) is 24.8 Å². The van der Waals surface area contributed by atoms with Gasteiger partial charge in [0.15, 0.2) is 5.65 Å². The Labute approximate surface area is 124 Å². The zero-order valence-electron chi connectivity index (χ0n) is 12.8. The van der Waals surface area contributed by atoms with Gasteiger partial charge in [0.2, 0.25) is 0 Å². The molecule has 2 aromatic rings. The molecule has 6 heteroatoms. The molecule has 1 amide bonds. The Balaban J connectivity index is 1.94. The second-order valence-corrected chi connectivity index (χ2v) is 5.75. The topological polar surface area (TPSA) is 62.5 Å². The van der Waals surface area contributed by atoms with E-state index in [1.165, 1.54) is 0 Å². The zero-order chi connectivity index (χ0) is 15.0. The van der Waals surface area contributed by atoms with Crippen LogP contribution < -0.4 is 5.32 Å². The number of carbonyl (C=O) groups is 1. The summed E-state index contributed by atoms with van der Waals surface area (Å²) in [6, 6.07) is 2.20. The third kappa shape index (κ3) is 2.51. The minimum atomic E-state index is -0.00352. The Morgan fingerprint density at radius 3 is 3.00 bits per heavy atom. The van der Waals surface area contributed by atoms with E-state index in [9.17, 15) is 4.79 Å². The minimum absolute atomic E-state index is 0.00352. The minimum Gasteiger partial charge on any atom is -0.337 e. The first-order valence-corrected chi connectivity index (χ1v) is 7.38. The van der Waals surface area contributed by atoms with Gasteiger partial charge in [-0.05, 0) is 39.3 Å². The average molecular weight is 287 g/mol. The lowest BCUT2D eigenvalue weighted by Gasteiger charge is -2.31. The van der Waals surface area contributed by atoms with E-state index >= 15 is 0 Å². The van der Waals surface area contributed by atoms with E-state index in [1.54, 1.807) is 10.7 Å². The smallest absolute Gasteiger partial charge is 0.259 e. The number of nitrogens with zero attached hydrogens (tertiary/aromatic N) is 4. The van der Waals surface area contributed by atoms with Crippen LogP contribution in [0.5, 0.6) is 0 Å². The predicted molar refractivity (Wildman–Crippen MR) is 80.4 cm³/mol. The molecule has 1 saturated heterocycles. The number of piperidine rings is 1. The van der Waals surface area contributed by atoms with Crippen molar-refractivity contribution in [3.63, 3.8) is 0 Å². The highest BCUT2D eigenvalue weighted by molar-refractivity contribution is 5.99. The van der Waals surface area contributed by atoms with Gasteiger partial charge in [-0.15, -0.1) is 0 Å². The summed E-state index contributed by atoms with van der Waals surface area (Å²) in [4.78, 5) is 19.1. The summed E-state index contributed by atoms with van der Waals surface area (Å²) in [6.45, 7) is 5.79. The molecule has 112 valence electrons. The molecule has 6 nitrogen and oxygen atoms in total. The fraction of sp³-hybridized carbons (Fsp3) is 0.533. The van der Waals surface area contributed by atoms with Crippen LogP contribution in [0.3, 0.4) is 0 Å². The first-order valence-electron chi connectivity index (χ1n) is 7.38. The van der Waals surface area contributed by atoms with E-state index < -0.39 is 0 Å². The first kappa shape index (κ1) is 14.0. The number of fused-ring (bicyclic) bond motifs is 1. The van der Waals surface area contributed by atoms with E-state index in [0.717, 1.165) is 37.3 Å². The van der Waals surface area contributed by atoms with Crippen molar-refractivity contribution in [1.29, 1.82) is 0 Å². The predicted octanol–water partition coefficient (Wildman–Crippen LogP) is 1.17. The largest absolute Gasteiger partial charge is 0.337 e. The van der Waals surface area contributed by atoms with Crippen LogP contribution >= 0.6 is 0 Å². The van der Waals surface area contributed by atoms with Gasteiger partial charge in [-0.1, -0.05) is 0 Å². The molecule has 0 aromatic carbocycles. The SMILES string of the molecule is Cc1cc(C)n2ncc(C(=O)N(C)C3CCCNC3)c2n1. The molecular formula is C15H21N5O. The van der Waals surface area contributed by atoms with E-state index in [4.69, 9.17) is 0 Å². The maximum Gasteiger partial charge on any atom is 0.259 e. The van der Waals surface area contributed by atoms with Gasteiger partial charge in [-0.25, -0.2) is 9.50 Å². The second-order valence-electron chi connectivity index (χ2n) is 5.75. The summed E-state index contributed by atoms with van der Waals surface area (Å²) in [5.41, 5.74) is 3.11. The summed E-state index contributed by atoms with van der Waals surface area (Å²) in [7, 11) is 1.87. The van der Waals surface area contributed by atoms with Crippen molar-refractivity contribution in [3.05, 3.63) is 29.2 Å². The lowest BCUT2D eigenvalue weighted by molar-refractivity contribution is 0.0710. The number of amides is 1. The molecule has 3 rings (SSSR count). The van der Waals surface area contributed by atoms with E-state index in [-0.39, 0.29) is 11.9 Å². The highest BCUT2D eigenvalue weighted by Crippen LogP contribution is 2.17. The first-order chi connectivity index (χ1) is 10.1. The van der Waals surface area contributed by atoms with Crippen molar-refractivity contribution < 1.29 is 4.79 Å². The average Bonchev–Trinajstić information content (AvgIpc) is 2.90. The quantitative estimate of drug-likeness (QED) is 0.900. The van der Waals surface area contributed by atoms with Crippen molar-refractivity contribution in [3.8, 4) is 0 Å². The Morgan fingerprint density at radius 1 is 1.48 bits per heavy atom. The van der Waals surface area contributed by atoms with Crippen LogP contribution in [-0.2, 0) is 0 Å². The van der Waals surface area contributed by atoms with Crippen molar-refractivity contribution in [2.45, 2.75) is 32.7 Å². The molecule has 0 spiro atoms. The van der Waals surface area contributed by atoms with Crippen molar-refractivity contribution in [2.75, 3.05) is 20.1 Å². The van der Waals surface area contributed by atoms with E-state index in [2.05, 4.69) is 15.4 Å². The third-order valence-corrected chi connectivity index (χ3v) is 4.15. The number of hydrogen-bond donors (Lipinski definition) is 1. The fourth-order valence-corrected chi connectivity index (χ4v) is 2.94. The zero-order valence-corrected chi connectivity index (χ0v) is 12.8. The van der Waals surface area contributed by atoms with Crippen LogP contribution in [0.1, 0.15) is 34.6 Å². The highest BCUT2D eigenvalue weighted by atomic mass is 16.2. The molecule has 0 saturated carbocycles. The third-order valence-electron chi connectivity index (χ3n) is 4.15. The Bertz CT molecular complexity index is 672. The van der Waals surface area contributed by atoms with Crippen LogP contribution in [0.2, 0.25) is 0 Å². The second kappa shape index (κ2) is 5.44. The van der Waals surface area contributed by atoms with Gasteiger partial charge >= 0.3 is 0 Å². The molecule has 1 aliphatic rings. The molecule has 1 fully saturated rings. The van der Waals surface area contributed by atoms with Crippen LogP contribution in [0, 0.1) is 13.8 Å². The van der Waals surface area contributed by atoms with E-state index in [1.807, 2.05) is 31.9 Å². The molecular weight excluding hydrogens is 266 g/mol. The summed E-state index contributed by atoms with van der Waals surface area (Å²) in [5.74, 6) is -0.00352. The number of aryl methyl sites for hydroxylation is 2. The molecule has 1 aliphatic heterocycles. The summed E-state index contributed by atoms with van der Waals surface area (Å²) < 4.78 is 1.73. The van der Waals surface area contributed by atoms with Crippen molar-refractivity contribution >= 4 is 11.6 Å². The van der Waals surface area contributed by atoms with Gasteiger partial charge in [-0.3, -0.25) is 4.79 Å². The summed E-state index contributed by atoms with van der Waals surface area (Å²) in [6.07, 6.45) is 3.78. The standard InChI is InChI=1S/C15H21N5O/c1-10-7-11(2)20-14(18-10)13(9-17-20)15(21)19(3)12-5-4-6-16-8-12/h7,9,12,16H,4-6,8H2,1-3H3. The fourth-order valence-electron chi connectivity index (χ4n) is 2.94. The number of likely N-dealkylation sites (N-methyl/N-ethyl adjacent to an activating group) is 1. The van der Waals surface area contributed by atoms with Gasteiger partial charge in [-0.2, -0.15) is 5.10 Å². The monoisotopic (exact) mass is 287 g/mol. The molecule has 2 aromatic heterocycles. The highest BCUT2D eigenvalue weighted by Gasteiger charge is 2.25. The molecule has 21 heavy (non-hydrogen) atoms. The number of hydrogen-bond acceptors (Lipinski definition) is 4. The molecule has 1 N–H and O–H groups in total. The lowest BCUT2D eigenvalue weighted by atomic mass is 10.1. The van der Waals surface area contributed by atoms with Gasteiger partial charge in [0.1, 0.15) is 5.56 Å². The molecule has 3 heterocycles.